The zero-order valence-corrected chi connectivity index (χ0v) is 15.7. The minimum absolute atomic E-state index is 0.0229. The lowest BCUT2D eigenvalue weighted by atomic mass is 10.1. The maximum Gasteiger partial charge on any atom is 0.226 e. The molecule has 7 heteroatoms. The Morgan fingerprint density at radius 2 is 2.12 bits per heavy atom. The lowest BCUT2D eigenvalue weighted by Gasteiger charge is -2.23. The molecule has 25 heavy (non-hydrogen) atoms. The highest BCUT2D eigenvalue weighted by molar-refractivity contribution is 5.79. The average Bonchev–Trinajstić information content (AvgIpc) is 2.89. The Morgan fingerprint density at radius 3 is 2.84 bits per heavy atom. The molecule has 2 rings (SSSR count). The molecule has 140 valence electrons. The van der Waals surface area contributed by atoms with Gasteiger partial charge < -0.3 is 14.3 Å². The highest BCUT2D eigenvalue weighted by atomic mass is 16.5. The molecule has 1 saturated heterocycles. The molecule has 0 spiro atoms. The van der Waals surface area contributed by atoms with Gasteiger partial charge >= 0.3 is 0 Å². The Bertz CT molecular complexity index is 570. The van der Waals surface area contributed by atoms with E-state index in [2.05, 4.69) is 24.0 Å². The predicted molar refractivity (Wildman–Crippen MR) is 93.6 cm³/mol. The highest BCUT2D eigenvalue weighted by Gasteiger charge is 2.20. The highest BCUT2D eigenvalue weighted by Crippen LogP contribution is 2.12. The molecule has 1 aromatic heterocycles. The van der Waals surface area contributed by atoms with E-state index >= 15 is 0 Å². The van der Waals surface area contributed by atoms with Crippen LogP contribution >= 0.6 is 0 Å². The largest absolute Gasteiger partial charge is 0.342 e. The Kier molecular flexibility index (Phi) is 7.40. The van der Waals surface area contributed by atoms with Crippen molar-refractivity contribution in [2.75, 3.05) is 19.6 Å². The van der Waals surface area contributed by atoms with Gasteiger partial charge in [-0.2, -0.15) is 4.98 Å². The lowest BCUT2D eigenvalue weighted by molar-refractivity contribution is -0.134. The van der Waals surface area contributed by atoms with Gasteiger partial charge in [-0.1, -0.05) is 25.4 Å². The Labute approximate surface area is 149 Å². The summed E-state index contributed by atoms with van der Waals surface area (Å²) in [5.41, 5.74) is 0. The summed E-state index contributed by atoms with van der Waals surface area (Å²) in [6.07, 6.45) is 4.77. The fourth-order valence-corrected chi connectivity index (χ4v) is 3.00. The second-order valence-corrected chi connectivity index (χ2v) is 7.05. The molecule has 0 atom stereocenters. The molecular weight excluding hydrogens is 320 g/mol. The number of hydrogen-bond acceptors (Lipinski definition) is 5. The van der Waals surface area contributed by atoms with Crippen LogP contribution in [0.2, 0.25) is 0 Å². The zero-order valence-electron chi connectivity index (χ0n) is 15.7. The molecule has 1 aliphatic heterocycles. The summed E-state index contributed by atoms with van der Waals surface area (Å²) in [5.74, 6) is 1.79. The van der Waals surface area contributed by atoms with E-state index in [1.54, 1.807) is 4.90 Å². The van der Waals surface area contributed by atoms with Gasteiger partial charge in [0.2, 0.25) is 17.7 Å². The van der Waals surface area contributed by atoms with Gasteiger partial charge in [0.25, 0.3) is 0 Å². The predicted octanol–water partition coefficient (Wildman–Crippen LogP) is 2.41. The summed E-state index contributed by atoms with van der Waals surface area (Å²) in [6, 6.07) is 0. The van der Waals surface area contributed by atoms with E-state index in [4.69, 9.17) is 4.52 Å². The molecule has 2 heterocycles. The third-order valence-electron chi connectivity index (χ3n) is 4.43. The van der Waals surface area contributed by atoms with Gasteiger partial charge in [0.05, 0.1) is 6.54 Å². The van der Waals surface area contributed by atoms with Crippen molar-refractivity contribution < 1.29 is 14.1 Å². The first-order valence-corrected chi connectivity index (χ1v) is 9.36. The summed E-state index contributed by atoms with van der Waals surface area (Å²) in [5, 5.41) is 3.97. The van der Waals surface area contributed by atoms with Crippen LogP contribution in [-0.2, 0) is 22.6 Å². The van der Waals surface area contributed by atoms with Crippen LogP contribution in [0.4, 0.5) is 0 Å². The molecule has 0 aromatic carbocycles. The van der Waals surface area contributed by atoms with Crippen molar-refractivity contribution in [3.05, 3.63) is 11.7 Å². The normalized spacial score (nSPS) is 15.5. The molecule has 7 nitrogen and oxygen atoms in total. The number of hydrogen-bond donors (Lipinski definition) is 0. The lowest BCUT2D eigenvalue weighted by Crippen LogP contribution is -2.36. The molecule has 0 unspecified atom stereocenters. The summed E-state index contributed by atoms with van der Waals surface area (Å²) >= 11 is 0. The third-order valence-corrected chi connectivity index (χ3v) is 4.43. The van der Waals surface area contributed by atoms with Gasteiger partial charge in [0, 0.05) is 38.9 Å². The fourth-order valence-electron chi connectivity index (χ4n) is 3.00. The Hall–Kier alpha value is -1.92. The van der Waals surface area contributed by atoms with Crippen molar-refractivity contribution in [1.29, 1.82) is 0 Å². The standard InChI is InChI=1S/C18H30N4O3/c1-4-21(13-15-19-16(25-20-15)12-14(2)3)18(24)9-11-22-10-7-5-6-8-17(22)23/h14H,4-13H2,1-3H3. The minimum Gasteiger partial charge on any atom is -0.342 e. The molecule has 1 aliphatic rings. The van der Waals surface area contributed by atoms with Crippen molar-refractivity contribution in [3.63, 3.8) is 0 Å². The fraction of sp³-hybridized carbons (Fsp3) is 0.778. The topological polar surface area (TPSA) is 79.5 Å². The molecule has 0 aliphatic carbocycles. The van der Waals surface area contributed by atoms with E-state index in [1.165, 1.54) is 0 Å². The summed E-state index contributed by atoms with van der Waals surface area (Å²) in [7, 11) is 0. The molecular formula is C18H30N4O3. The molecule has 1 fully saturated rings. The molecule has 0 bridgehead atoms. The maximum absolute atomic E-state index is 12.5. The van der Waals surface area contributed by atoms with Gasteiger partial charge in [-0.05, 0) is 25.7 Å². The number of rotatable bonds is 8. The Morgan fingerprint density at radius 1 is 1.32 bits per heavy atom. The molecule has 2 amide bonds. The van der Waals surface area contributed by atoms with Crippen LogP contribution in [0, 0.1) is 5.92 Å². The van der Waals surface area contributed by atoms with Crippen molar-refractivity contribution in [2.24, 2.45) is 5.92 Å². The second kappa shape index (κ2) is 9.53. The number of carbonyl (C=O) groups is 2. The van der Waals surface area contributed by atoms with Crippen molar-refractivity contribution >= 4 is 11.8 Å². The van der Waals surface area contributed by atoms with E-state index in [1.807, 2.05) is 11.8 Å². The molecule has 0 radical (unpaired) electrons. The SMILES string of the molecule is CCN(Cc1noc(CC(C)C)n1)C(=O)CCN1CCCCCC1=O. The van der Waals surface area contributed by atoms with Crippen LogP contribution in [0.15, 0.2) is 4.52 Å². The number of carbonyl (C=O) groups excluding carboxylic acids is 2. The first-order valence-electron chi connectivity index (χ1n) is 9.36. The number of aromatic nitrogens is 2. The monoisotopic (exact) mass is 350 g/mol. The summed E-state index contributed by atoms with van der Waals surface area (Å²) in [6.45, 7) is 8.32. The van der Waals surface area contributed by atoms with Gasteiger partial charge in [0.1, 0.15) is 0 Å². The molecule has 1 aromatic rings. The smallest absolute Gasteiger partial charge is 0.226 e. The van der Waals surface area contributed by atoms with Crippen LogP contribution in [-0.4, -0.2) is 51.4 Å². The summed E-state index contributed by atoms with van der Waals surface area (Å²) in [4.78, 5) is 32.4. The van der Waals surface area contributed by atoms with Gasteiger partial charge in [-0.3, -0.25) is 9.59 Å². The van der Waals surface area contributed by atoms with E-state index in [9.17, 15) is 9.59 Å². The molecule has 0 N–H and O–H groups in total. The number of likely N-dealkylation sites (tertiary alicyclic amines) is 1. The molecule has 0 saturated carbocycles. The van der Waals surface area contributed by atoms with Crippen molar-refractivity contribution in [1.82, 2.24) is 19.9 Å². The number of nitrogens with zero attached hydrogens (tertiary/aromatic N) is 4. The van der Waals surface area contributed by atoms with Crippen LogP contribution in [0.25, 0.3) is 0 Å². The number of amides is 2. The van der Waals surface area contributed by atoms with Crippen LogP contribution in [0.3, 0.4) is 0 Å². The van der Waals surface area contributed by atoms with Crippen LogP contribution in [0.1, 0.15) is 64.6 Å². The van der Waals surface area contributed by atoms with Gasteiger partial charge in [-0.15, -0.1) is 0 Å². The van der Waals surface area contributed by atoms with Crippen molar-refractivity contribution in [2.45, 2.75) is 65.8 Å². The van der Waals surface area contributed by atoms with Crippen molar-refractivity contribution in [3.8, 4) is 0 Å². The van der Waals surface area contributed by atoms with Crippen LogP contribution < -0.4 is 0 Å². The van der Waals surface area contributed by atoms with E-state index in [-0.39, 0.29) is 11.8 Å². The van der Waals surface area contributed by atoms with Gasteiger partial charge in [-0.25, -0.2) is 0 Å². The first-order chi connectivity index (χ1) is 12.0. The van der Waals surface area contributed by atoms with E-state index in [0.29, 0.717) is 50.1 Å². The van der Waals surface area contributed by atoms with E-state index in [0.717, 1.165) is 32.2 Å². The van der Waals surface area contributed by atoms with E-state index < -0.39 is 0 Å². The van der Waals surface area contributed by atoms with Crippen LogP contribution in [0.5, 0.6) is 0 Å². The maximum atomic E-state index is 12.5. The minimum atomic E-state index is 0.0229. The summed E-state index contributed by atoms with van der Waals surface area (Å²) < 4.78 is 5.23. The third kappa shape index (κ3) is 6.14. The average molecular weight is 350 g/mol. The second-order valence-electron chi connectivity index (χ2n) is 7.05. The first kappa shape index (κ1) is 19.4. The van der Waals surface area contributed by atoms with Gasteiger partial charge in [0.15, 0.2) is 5.82 Å². The Balaban J connectivity index is 1.85. The quantitative estimate of drug-likeness (QED) is 0.719. The zero-order chi connectivity index (χ0) is 18.2.